The number of benzene rings is 2. The summed E-state index contributed by atoms with van der Waals surface area (Å²) >= 11 is 2.86. The maximum Gasteiger partial charge on any atom is 0.246 e. The SMILES string of the molecule is C=CC(=O)N1CCc2nc(-c3nc(-c4ccc5c(c4)CCN(C)C5)c4ccsc4c3-c3c(F)cc(F)cc3OCCO)sc2C1. The van der Waals surface area contributed by atoms with Crippen molar-refractivity contribution in [3.05, 3.63) is 87.8 Å². The van der Waals surface area contributed by atoms with E-state index in [1.54, 1.807) is 4.90 Å². The van der Waals surface area contributed by atoms with Gasteiger partial charge in [-0.1, -0.05) is 18.7 Å². The standard InChI is InChI=1S/C34H30F2N4O3S2/c1-3-28(42)40-10-7-25-27(18-40)45-34(37-25)32-30(29-24(36)15-22(35)16-26(29)43-12-11-41)33-23(8-13-44-33)31(38-32)20-4-5-21-17-39(2)9-6-19(21)14-20/h3-5,8,13-16,41H,1,6-7,9-12,17-18H2,2H3. The summed E-state index contributed by atoms with van der Waals surface area (Å²) in [5.74, 6) is -1.74. The number of rotatable bonds is 7. The summed E-state index contributed by atoms with van der Waals surface area (Å²) < 4.78 is 36.9. The van der Waals surface area contributed by atoms with Gasteiger partial charge in [0.05, 0.1) is 30.1 Å². The van der Waals surface area contributed by atoms with Gasteiger partial charge in [-0.3, -0.25) is 4.79 Å². The first kappa shape index (κ1) is 29.7. The number of carbonyl (C=O) groups excluding carboxylic acids is 1. The third kappa shape index (κ3) is 5.43. The number of aliphatic hydroxyl groups excluding tert-OH is 1. The van der Waals surface area contributed by atoms with Crippen LogP contribution in [0.5, 0.6) is 5.75 Å². The van der Waals surface area contributed by atoms with Crippen LogP contribution < -0.4 is 4.74 Å². The van der Waals surface area contributed by atoms with Crippen LogP contribution in [0.1, 0.15) is 21.7 Å². The van der Waals surface area contributed by atoms with E-state index >= 15 is 4.39 Å². The van der Waals surface area contributed by atoms with Crippen molar-refractivity contribution in [2.75, 3.05) is 33.4 Å². The van der Waals surface area contributed by atoms with E-state index in [1.807, 2.05) is 11.4 Å². The van der Waals surface area contributed by atoms with Crippen LogP contribution >= 0.6 is 22.7 Å². The molecule has 0 unspecified atom stereocenters. The molecule has 3 aromatic heterocycles. The summed E-state index contributed by atoms with van der Waals surface area (Å²) in [5, 5.41) is 12.8. The van der Waals surface area contributed by atoms with Crippen LogP contribution in [-0.4, -0.2) is 64.1 Å². The number of likely N-dealkylation sites (N-methyl/N-ethyl adjacent to an activating group) is 1. The van der Waals surface area contributed by atoms with Crippen molar-refractivity contribution in [3.63, 3.8) is 0 Å². The molecule has 2 aliphatic heterocycles. The number of thiazole rings is 1. The lowest BCUT2D eigenvalue weighted by Crippen LogP contribution is -2.34. The van der Waals surface area contributed by atoms with E-state index in [9.17, 15) is 14.3 Å². The molecule has 7 rings (SSSR count). The molecule has 5 aromatic rings. The van der Waals surface area contributed by atoms with Crippen LogP contribution in [0.2, 0.25) is 0 Å². The summed E-state index contributed by atoms with van der Waals surface area (Å²) in [7, 11) is 2.12. The van der Waals surface area contributed by atoms with Gasteiger partial charge < -0.3 is 19.6 Å². The fourth-order valence-electron chi connectivity index (χ4n) is 6.15. The smallest absolute Gasteiger partial charge is 0.246 e. The third-order valence-corrected chi connectivity index (χ3v) is 10.3. The fourth-order valence-corrected chi connectivity index (χ4v) is 8.22. The third-order valence-electron chi connectivity index (χ3n) is 8.33. The highest BCUT2D eigenvalue weighted by atomic mass is 32.1. The predicted molar refractivity (Wildman–Crippen MR) is 173 cm³/mol. The van der Waals surface area contributed by atoms with Gasteiger partial charge in [-0.2, -0.15) is 0 Å². The minimum atomic E-state index is -0.796. The lowest BCUT2D eigenvalue weighted by atomic mass is 9.94. The topological polar surface area (TPSA) is 78.8 Å². The van der Waals surface area contributed by atoms with Crippen molar-refractivity contribution >= 4 is 38.7 Å². The number of ether oxygens (including phenoxy) is 1. The molecule has 0 atom stereocenters. The van der Waals surface area contributed by atoms with Crippen molar-refractivity contribution in [2.24, 2.45) is 0 Å². The number of halogens is 2. The Labute approximate surface area is 267 Å². The van der Waals surface area contributed by atoms with Gasteiger partial charge in [0.25, 0.3) is 0 Å². The first-order valence-corrected chi connectivity index (χ1v) is 16.4. The van der Waals surface area contributed by atoms with Gasteiger partial charge in [0.2, 0.25) is 5.91 Å². The summed E-state index contributed by atoms with van der Waals surface area (Å²) in [6.45, 7) is 5.95. The summed E-state index contributed by atoms with van der Waals surface area (Å²) in [4.78, 5) is 27.6. The normalized spacial score (nSPS) is 14.8. The fraction of sp³-hybridized carbons (Fsp3) is 0.265. The molecule has 0 saturated heterocycles. The number of aliphatic hydroxyl groups is 1. The van der Waals surface area contributed by atoms with Gasteiger partial charge in [0.1, 0.15) is 34.7 Å². The zero-order valence-corrected chi connectivity index (χ0v) is 26.2. The average Bonchev–Trinajstić information content (AvgIpc) is 3.70. The second-order valence-electron chi connectivity index (χ2n) is 11.3. The number of hydrogen-bond acceptors (Lipinski definition) is 8. The molecule has 0 fully saturated rings. The van der Waals surface area contributed by atoms with Crippen molar-refractivity contribution in [1.82, 2.24) is 19.8 Å². The highest BCUT2D eigenvalue weighted by molar-refractivity contribution is 7.18. The van der Waals surface area contributed by atoms with Gasteiger partial charge in [-0.05, 0) is 48.2 Å². The Morgan fingerprint density at radius 1 is 1.07 bits per heavy atom. The summed E-state index contributed by atoms with van der Waals surface area (Å²) in [6.07, 6.45) is 2.82. The quantitative estimate of drug-likeness (QED) is 0.205. The lowest BCUT2D eigenvalue weighted by molar-refractivity contribution is -0.126. The number of thiophene rings is 1. The first-order valence-electron chi connectivity index (χ1n) is 14.7. The molecular weight excluding hydrogens is 615 g/mol. The zero-order chi connectivity index (χ0) is 31.2. The Morgan fingerprint density at radius 2 is 1.93 bits per heavy atom. The molecule has 45 heavy (non-hydrogen) atoms. The number of pyridine rings is 1. The summed E-state index contributed by atoms with van der Waals surface area (Å²) in [6, 6.07) is 10.4. The minimum absolute atomic E-state index is 0.0194. The summed E-state index contributed by atoms with van der Waals surface area (Å²) in [5.41, 5.74) is 6.13. The number of aromatic nitrogens is 2. The molecule has 2 aliphatic rings. The van der Waals surface area contributed by atoms with E-state index in [0.29, 0.717) is 35.8 Å². The van der Waals surface area contributed by atoms with Crippen molar-refractivity contribution in [2.45, 2.75) is 25.9 Å². The van der Waals surface area contributed by atoms with E-state index < -0.39 is 11.6 Å². The zero-order valence-electron chi connectivity index (χ0n) is 24.6. The van der Waals surface area contributed by atoms with Crippen LogP contribution in [0, 0.1) is 11.6 Å². The van der Waals surface area contributed by atoms with Crippen molar-refractivity contribution in [1.29, 1.82) is 0 Å². The van der Waals surface area contributed by atoms with E-state index in [0.717, 1.165) is 63.6 Å². The first-order chi connectivity index (χ1) is 21.8. The largest absolute Gasteiger partial charge is 0.490 e. The molecule has 1 N–H and O–H groups in total. The van der Waals surface area contributed by atoms with Gasteiger partial charge in [-0.25, -0.2) is 18.7 Å². The maximum atomic E-state index is 15.9. The Morgan fingerprint density at radius 3 is 2.76 bits per heavy atom. The monoisotopic (exact) mass is 644 g/mol. The molecular formula is C34H30F2N4O3S2. The molecule has 7 nitrogen and oxygen atoms in total. The second kappa shape index (κ2) is 12.1. The molecule has 2 aromatic carbocycles. The molecule has 1 amide bonds. The van der Waals surface area contributed by atoms with Crippen LogP contribution in [0.25, 0.3) is 43.2 Å². The van der Waals surface area contributed by atoms with E-state index in [1.165, 1.54) is 39.9 Å². The molecule has 0 aliphatic carbocycles. The predicted octanol–water partition coefficient (Wildman–Crippen LogP) is 6.46. The number of fused-ring (bicyclic) bond motifs is 3. The highest BCUT2D eigenvalue weighted by Gasteiger charge is 2.29. The number of carbonyl (C=O) groups is 1. The van der Waals surface area contributed by atoms with Crippen LogP contribution in [0.3, 0.4) is 0 Å². The molecule has 230 valence electrons. The Kier molecular flexibility index (Phi) is 7.95. The van der Waals surface area contributed by atoms with Gasteiger partial charge in [-0.15, -0.1) is 22.7 Å². The van der Waals surface area contributed by atoms with Crippen molar-refractivity contribution in [3.8, 4) is 38.8 Å². The molecule has 5 heterocycles. The molecule has 0 radical (unpaired) electrons. The molecule has 0 saturated carbocycles. The molecule has 0 spiro atoms. The number of amides is 1. The van der Waals surface area contributed by atoms with Crippen LogP contribution in [0.15, 0.2) is 54.4 Å². The van der Waals surface area contributed by atoms with Crippen LogP contribution in [0.4, 0.5) is 8.78 Å². The lowest BCUT2D eigenvalue weighted by Gasteiger charge is -2.25. The minimum Gasteiger partial charge on any atom is -0.490 e. The maximum absolute atomic E-state index is 15.9. The molecule has 11 heteroatoms. The Balaban J connectivity index is 1.47. The van der Waals surface area contributed by atoms with Gasteiger partial charge >= 0.3 is 0 Å². The second-order valence-corrected chi connectivity index (χ2v) is 13.3. The van der Waals surface area contributed by atoms with E-state index in [2.05, 4.69) is 36.7 Å². The highest BCUT2D eigenvalue weighted by Crippen LogP contribution is 2.48. The average molecular weight is 645 g/mol. The van der Waals surface area contributed by atoms with Gasteiger partial charge in [0, 0.05) is 64.3 Å². The van der Waals surface area contributed by atoms with Crippen LogP contribution in [-0.2, 0) is 30.7 Å². The number of hydrogen-bond donors (Lipinski definition) is 1. The molecule has 0 bridgehead atoms. The number of nitrogens with zero attached hydrogens (tertiary/aromatic N) is 4. The van der Waals surface area contributed by atoms with E-state index in [-0.39, 0.29) is 30.4 Å². The van der Waals surface area contributed by atoms with Gasteiger partial charge in [0.15, 0.2) is 0 Å². The Hall–Kier alpha value is -4.03. The Bertz CT molecular complexity index is 1970. The van der Waals surface area contributed by atoms with Crippen molar-refractivity contribution < 1.29 is 23.4 Å². The van der Waals surface area contributed by atoms with E-state index in [4.69, 9.17) is 14.7 Å².